The van der Waals surface area contributed by atoms with Gasteiger partial charge in [0.2, 0.25) is 0 Å². The highest BCUT2D eigenvalue weighted by Crippen LogP contribution is 2.44. The van der Waals surface area contributed by atoms with Crippen molar-refractivity contribution in [3.8, 4) is 23.0 Å². The molecule has 0 bridgehead atoms. The monoisotopic (exact) mass is 503 g/mol. The quantitative estimate of drug-likeness (QED) is 0.298. The largest absolute Gasteiger partial charge is 0.492 e. The fourth-order valence-corrected chi connectivity index (χ4v) is 4.56. The van der Waals surface area contributed by atoms with Crippen LogP contribution < -0.4 is 14.2 Å². The SMILES string of the molecule is COC(=O)C[C@@H]1COc2cc(O[C@@H]3CCc4c(Oc5ccnc(C(F)(F)F)c5)ccc(F)c43)ccc21. The summed E-state index contributed by atoms with van der Waals surface area (Å²) in [6.07, 6.45) is -3.12. The number of alkyl halides is 3. The van der Waals surface area contributed by atoms with Crippen molar-refractivity contribution in [2.75, 3.05) is 13.7 Å². The van der Waals surface area contributed by atoms with Gasteiger partial charge in [-0.25, -0.2) is 4.39 Å². The average Bonchev–Trinajstić information content (AvgIpc) is 3.45. The summed E-state index contributed by atoms with van der Waals surface area (Å²) in [6, 6.07) is 9.99. The zero-order chi connectivity index (χ0) is 25.4. The van der Waals surface area contributed by atoms with Crippen LogP contribution in [0.1, 0.15) is 47.2 Å². The van der Waals surface area contributed by atoms with E-state index in [1.54, 1.807) is 12.1 Å². The van der Waals surface area contributed by atoms with Gasteiger partial charge in [-0.3, -0.25) is 9.78 Å². The maximum atomic E-state index is 14.8. The van der Waals surface area contributed by atoms with E-state index in [0.717, 1.165) is 17.8 Å². The van der Waals surface area contributed by atoms with E-state index < -0.39 is 23.8 Å². The second-order valence-electron chi connectivity index (χ2n) is 8.55. The van der Waals surface area contributed by atoms with Crippen molar-refractivity contribution in [3.05, 3.63) is 76.9 Å². The summed E-state index contributed by atoms with van der Waals surface area (Å²) in [6.45, 7) is 0.348. The first-order valence-corrected chi connectivity index (χ1v) is 11.3. The lowest BCUT2D eigenvalue weighted by atomic mass is 9.98. The van der Waals surface area contributed by atoms with Gasteiger partial charge < -0.3 is 18.9 Å². The number of hydrogen-bond acceptors (Lipinski definition) is 6. The molecule has 2 aromatic carbocycles. The molecule has 6 nitrogen and oxygen atoms in total. The first-order valence-electron chi connectivity index (χ1n) is 11.3. The predicted molar refractivity (Wildman–Crippen MR) is 119 cm³/mol. The first kappa shape index (κ1) is 23.9. The highest BCUT2D eigenvalue weighted by atomic mass is 19.4. The number of benzene rings is 2. The van der Waals surface area contributed by atoms with E-state index in [-0.39, 0.29) is 29.8 Å². The van der Waals surface area contributed by atoms with Crippen LogP contribution in [-0.2, 0) is 22.1 Å². The number of halogens is 4. The van der Waals surface area contributed by atoms with Crippen LogP contribution in [0.25, 0.3) is 0 Å². The Labute approximate surface area is 203 Å². The lowest BCUT2D eigenvalue weighted by Crippen LogP contribution is -2.09. The van der Waals surface area contributed by atoms with Crippen LogP contribution in [0.15, 0.2) is 48.7 Å². The maximum absolute atomic E-state index is 14.8. The molecule has 0 radical (unpaired) electrons. The van der Waals surface area contributed by atoms with Crippen molar-refractivity contribution >= 4 is 5.97 Å². The first-order chi connectivity index (χ1) is 17.2. The minimum atomic E-state index is -4.61. The van der Waals surface area contributed by atoms with Crippen LogP contribution in [0.2, 0.25) is 0 Å². The number of pyridine rings is 1. The molecule has 0 spiro atoms. The maximum Gasteiger partial charge on any atom is 0.433 e. The van der Waals surface area contributed by atoms with E-state index in [4.69, 9.17) is 18.9 Å². The topological polar surface area (TPSA) is 66.9 Å². The summed E-state index contributed by atoms with van der Waals surface area (Å²) >= 11 is 0. The molecular weight excluding hydrogens is 482 g/mol. The fourth-order valence-electron chi connectivity index (χ4n) is 4.56. The standard InChI is InChI=1S/C26H21F4NO5/c1-33-24(32)10-14-13-34-22-11-15(2-3-17(14)22)36-21-6-4-18-20(7-5-19(27)25(18)21)35-16-8-9-31-23(12-16)26(28,29)30/h2-3,5,7-9,11-12,14,21H,4,6,10,13H2,1H3/t14-,21-/m1/s1. The van der Waals surface area contributed by atoms with Crippen molar-refractivity contribution in [2.45, 2.75) is 37.5 Å². The molecule has 0 amide bonds. The third-order valence-electron chi connectivity index (χ3n) is 6.27. The number of hydrogen-bond donors (Lipinski definition) is 0. The molecule has 0 N–H and O–H groups in total. The minimum Gasteiger partial charge on any atom is -0.492 e. The Balaban J connectivity index is 1.35. The Morgan fingerprint density at radius 2 is 1.97 bits per heavy atom. The van der Waals surface area contributed by atoms with E-state index in [1.807, 2.05) is 6.07 Å². The number of nitrogens with zero attached hydrogens (tertiary/aromatic N) is 1. The summed E-state index contributed by atoms with van der Waals surface area (Å²) in [5.74, 6) is 0.357. The van der Waals surface area contributed by atoms with Gasteiger partial charge in [-0.2, -0.15) is 13.2 Å². The van der Waals surface area contributed by atoms with E-state index in [0.29, 0.717) is 42.1 Å². The van der Waals surface area contributed by atoms with E-state index >= 15 is 0 Å². The molecule has 1 aromatic heterocycles. The Morgan fingerprint density at radius 3 is 2.75 bits per heavy atom. The van der Waals surface area contributed by atoms with Crippen LogP contribution in [0.5, 0.6) is 23.0 Å². The molecule has 188 valence electrons. The van der Waals surface area contributed by atoms with Gasteiger partial charge in [0, 0.05) is 40.9 Å². The van der Waals surface area contributed by atoms with Gasteiger partial charge in [-0.1, -0.05) is 6.07 Å². The number of rotatable bonds is 6. The van der Waals surface area contributed by atoms with Crippen molar-refractivity contribution in [1.82, 2.24) is 4.98 Å². The molecule has 0 saturated carbocycles. The lowest BCUT2D eigenvalue weighted by Gasteiger charge is -2.17. The Bertz CT molecular complexity index is 1310. The number of methoxy groups -OCH3 is 1. The van der Waals surface area contributed by atoms with Crippen molar-refractivity contribution in [1.29, 1.82) is 0 Å². The molecule has 2 heterocycles. The number of fused-ring (bicyclic) bond motifs is 2. The van der Waals surface area contributed by atoms with Crippen molar-refractivity contribution in [3.63, 3.8) is 0 Å². The normalized spacial score (nSPS) is 18.2. The van der Waals surface area contributed by atoms with Gasteiger partial charge in [-0.05, 0) is 37.1 Å². The van der Waals surface area contributed by atoms with E-state index in [1.165, 1.54) is 25.3 Å². The summed E-state index contributed by atoms with van der Waals surface area (Å²) in [5.41, 5.74) is 0.646. The number of esters is 1. The Kier molecular flexibility index (Phi) is 6.19. The fraction of sp³-hybridized carbons (Fsp3) is 0.308. The molecule has 0 unspecified atom stereocenters. The van der Waals surface area contributed by atoms with Crippen molar-refractivity contribution in [2.24, 2.45) is 0 Å². The number of carbonyl (C=O) groups is 1. The van der Waals surface area contributed by atoms with Gasteiger partial charge in [0.25, 0.3) is 0 Å². The number of carbonyl (C=O) groups excluding carboxylic acids is 1. The van der Waals surface area contributed by atoms with Crippen LogP contribution in [0.3, 0.4) is 0 Å². The Morgan fingerprint density at radius 1 is 1.14 bits per heavy atom. The average molecular weight is 503 g/mol. The van der Waals surface area contributed by atoms with E-state index in [9.17, 15) is 22.4 Å². The molecule has 1 aliphatic carbocycles. The van der Waals surface area contributed by atoms with Gasteiger partial charge >= 0.3 is 12.1 Å². The van der Waals surface area contributed by atoms with Crippen LogP contribution >= 0.6 is 0 Å². The molecule has 1 aliphatic heterocycles. The van der Waals surface area contributed by atoms with E-state index in [2.05, 4.69) is 4.98 Å². The molecule has 2 aliphatic rings. The third-order valence-corrected chi connectivity index (χ3v) is 6.27. The lowest BCUT2D eigenvalue weighted by molar-refractivity contribution is -0.142. The van der Waals surface area contributed by atoms with Gasteiger partial charge in [0.1, 0.15) is 40.6 Å². The predicted octanol–water partition coefficient (Wildman–Crippen LogP) is 6.14. The highest BCUT2D eigenvalue weighted by Gasteiger charge is 2.34. The molecular formula is C26H21F4NO5. The summed E-state index contributed by atoms with van der Waals surface area (Å²) in [4.78, 5) is 15.0. The van der Waals surface area contributed by atoms with Crippen LogP contribution in [-0.4, -0.2) is 24.7 Å². The van der Waals surface area contributed by atoms with Crippen LogP contribution in [0, 0.1) is 5.82 Å². The molecule has 0 fully saturated rings. The van der Waals surface area contributed by atoms with Crippen molar-refractivity contribution < 1.29 is 41.3 Å². The second-order valence-corrected chi connectivity index (χ2v) is 8.55. The number of ether oxygens (including phenoxy) is 4. The second kappa shape index (κ2) is 9.33. The molecule has 3 aromatic rings. The summed E-state index contributed by atoms with van der Waals surface area (Å²) in [7, 11) is 1.34. The molecule has 0 saturated heterocycles. The molecule has 2 atom stereocenters. The highest BCUT2D eigenvalue weighted by molar-refractivity contribution is 5.71. The van der Waals surface area contributed by atoms with Gasteiger partial charge in [-0.15, -0.1) is 0 Å². The molecule has 36 heavy (non-hydrogen) atoms. The molecule has 10 heteroatoms. The summed E-state index contributed by atoms with van der Waals surface area (Å²) in [5, 5.41) is 0. The molecule has 5 rings (SSSR count). The smallest absolute Gasteiger partial charge is 0.433 e. The number of aromatic nitrogens is 1. The minimum absolute atomic E-state index is 0.0484. The van der Waals surface area contributed by atoms with Gasteiger partial charge in [0.05, 0.1) is 20.1 Å². The van der Waals surface area contributed by atoms with Gasteiger partial charge in [0.15, 0.2) is 0 Å². The summed E-state index contributed by atoms with van der Waals surface area (Å²) < 4.78 is 76.1. The van der Waals surface area contributed by atoms with Crippen LogP contribution in [0.4, 0.5) is 17.6 Å². The third kappa shape index (κ3) is 4.67. The zero-order valence-corrected chi connectivity index (χ0v) is 19.1. The Hall–Kier alpha value is -3.82. The zero-order valence-electron chi connectivity index (χ0n) is 19.1.